The number of piperazine rings is 1. The molecule has 2 heterocycles. The second kappa shape index (κ2) is 9.41. The molecule has 4 rings (SSSR count). The highest BCUT2D eigenvalue weighted by molar-refractivity contribution is 5.81. The lowest BCUT2D eigenvalue weighted by Crippen LogP contribution is -2.46. The fraction of sp³-hybridized carbons (Fsp3) is 0.708. The van der Waals surface area contributed by atoms with Gasteiger partial charge in [0.25, 0.3) is 0 Å². The molecule has 1 aromatic carbocycles. The number of amides is 1. The molecule has 0 aromatic heterocycles. The summed E-state index contributed by atoms with van der Waals surface area (Å²) in [6, 6.07) is 9.59. The van der Waals surface area contributed by atoms with E-state index in [-0.39, 0.29) is 5.92 Å². The SMILES string of the molecule is CCc1ccc(CN2CCN(CCCC3C(=O)NC4CCCCC43)CC2)cc1. The minimum Gasteiger partial charge on any atom is -0.353 e. The highest BCUT2D eigenvalue weighted by Gasteiger charge is 2.42. The molecule has 1 amide bonds. The Labute approximate surface area is 170 Å². The second-order valence-electron chi connectivity index (χ2n) is 9.10. The first-order valence-corrected chi connectivity index (χ1v) is 11.6. The van der Waals surface area contributed by atoms with E-state index in [1.807, 2.05) is 0 Å². The van der Waals surface area contributed by atoms with Crippen molar-refractivity contribution in [3.05, 3.63) is 35.4 Å². The van der Waals surface area contributed by atoms with Crippen LogP contribution < -0.4 is 5.32 Å². The summed E-state index contributed by atoms with van der Waals surface area (Å²) in [5.74, 6) is 1.26. The summed E-state index contributed by atoms with van der Waals surface area (Å²) in [5, 5.41) is 3.27. The van der Waals surface area contributed by atoms with Gasteiger partial charge >= 0.3 is 0 Å². The van der Waals surface area contributed by atoms with E-state index in [1.54, 1.807) is 0 Å². The van der Waals surface area contributed by atoms with Crippen LogP contribution in [0.25, 0.3) is 0 Å². The van der Waals surface area contributed by atoms with E-state index >= 15 is 0 Å². The van der Waals surface area contributed by atoms with Crippen LogP contribution in [-0.4, -0.2) is 54.5 Å². The molecule has 3 aliphatic rings. The molecule has 3 fully saturated rings. The van der Waals surface area contributed by atoms with Crippen LogP contribution in [0.1, 0.15) is 56.6 Å². The number of hydrogen-bond donors (Lipinski definition) is 1. The lowest BCUT2D eigenvalue weighted by atomic mass is 9.78. The number of fused-ring (bicyclic) bond motifs is 1. The molecule has 4 heteroatoms. The molecule has 1 saturated carbocycles. The maximum Gasteiger partial charge on any atom is 0.223 e. The Hall–Kier alpha value is -1.39. The zero-order valence-corrected chi connectivity index (χ0v) is 17.5. The lowest BCUT2D eigenvalue weighted by molar-refractivity contribution is -0.123. The number of carbonyl (C=O) groups excluding carboxylic acids is 1. The maximum absolute atomic E-state index is 12.3. The normalized spacial score (nSPS) is 28.9. The molecule has 4 nitrogen and oxygen atoms in total. The fourth-order valence-electron chi connectivity index (χ4n) is 5.49. The Kier molecular flexibility index (Phi) is 6.69. The van der Waals surface area contributed by atoms with E-state index in [2.05, 4.69) is 46.3 Å². The third-order valence-corrected chi connectivity index (χ3v) is 7.29. The van der Waals surface area contributed by atoms with Gasteiger partial charge in [0.05, 0.1) is 0 Å². The Morgan fingerprint density at radius 2 is 1.64 bits per heavy atom. The van der Waals surface area contributed by atoms with Crippen LogP contribution >= 0.6 is 0 Å². The first-order chi connectivity index (χ1) is 13.7. The predicted molar refractivity (Wildman–Crippen MR) is 114 cm³/mol. The highest BCUT2D eigenvalue weighted by atomic mass is 16.2. The summed E-state index contributed by atoms with van der Waals surface area (Å²) in [7, 11) is 0. The van der Waals surface area contributed by atoms with Crippen LogP contribution in [0.15, 0.2) is 24.3 Å². The summed E-state index contributed by atoms with van der Waals surface area (Å²) in [5.41, 5.74) is 2.85. The van der Waals surface area contributed by atoms with Crippen LogP contribution in [0.2, 0.25) is 0 Å². The third kappa shape index (κ3) is 4.77. The topological polar surface area (TPSA) is 35.6 Å². The van der Waals surface area contributed by atoms with E-state index in [0.29, 0.717) is 17.9 Å². The monoisotopic (exact) mass is 383 g/mol. The van der Waals surface area contributed by atoms with Gasteiger partial charge < -0.3 is 10.2 Å². The average molecular weight is 384 g/mol. The third-order valence-electron chi connectivity index (χ3n) is 7.29. The maximum atomic E-state index is 12.3. The van der Waals surface area contributed by atoms with Crippen molar-refractivity contribution in [3.8, 4) is 0 Å². The van der Waals surface area contributed by atoms with E-state index < -0.39 is 0 Å². The summed E-state index contributed by atoms with van der Waals surface area (Å²) in [6.07, 6.45) is 8.43. The summed E-state index contributed by atoms with van der Waals surface area (Å²) in [6.45, 7) is 9.07. The smallest absolute Gasteiger partial charge is 0.223 e. The van der Waals surface area contributed by atoms with E-state index in [0.717, 1.165) is 52.1 Å². The van der Waals surface area contributed by atoms with E-state index in [4.69, 9.17) is 0 Å². The molecular formula is C24H37N3O. The van der Waals surface area contributed by atoms with Crippen LogP contribution in [0.3, 0.4) is 0 Å². The van der Waals surface area contributed by atoms with Crippen LogP contribution in [-0.2, 0) is 17.8 Å². The molecule has 0 radical (unpaired) electrons. The van der Waals surface area contributed by atoms with Crippen LogP contribution in [0.4, 0.5) is 0 Å². The molecule has 154 valence electrons. The number of carbonyl (C=O) groups is 1. The minimum atomic E-state index is 0.290. The van der Waals surface area contributed by atoms with Crippen LogP contribution in [0.5, 0.6) is 0 Å². The molecule has 2 saturated heterocycles. The van der Waals surface area contributed by atoms with Gasteiger partial charge in [-0.05, 0) is 55.7 Å². The number of rotatable bonds is 7. The average Bonchev–Trinajstić information content (AvgIpc) is 3.05. The summed E-state index contributed by atoms with van der Waals surface area (Å²) < 4.78 is 0. The number of aryl methyl sites for hydroxylation is 1. The number of nitrogens with zero attached hydrogens (tertiary/aromatic N) is 2. The van der Waals surface area contributed by atoms with Gasteiger partial charge in [-0.25, -0.2) is 0 Å². The predicted octanol–water partition coefficient (Wildman–Crippen LogP) is 3.45. The summed E-state index contributed by atoms with van der Waals surface area (Å²) >= 11 is 0. The van der Waals surface area contributed by atoms with E-state index in [1.165, 1.54) is 43.2 Å². The molecule has 3 atom stereocenters. The Morgan fingerprint density at radius 3 is 2.39 bits per heavy atom. The molecule has 0 spiro atoms. The summed E-state index contributed by atoms with van der Waals surface area (Å²) in [4.78, 5) is 17.5. The van der Waals surface area contributed by atoms with Gasteiger partial charge in [-0.15, -0.1) is 0 Å². The number of benzene rings is 1. The van der Waals surface area contributed by atoms with Gasteiger partial charge in [-0.1, -0.05) is 44.0 Å². The van der Waals surface area contributed by atoms with Crippen molar-refractivity contribution >= 4 is 5.91 Å². The Bertz CT molecular complexity index is 636. The molecule has 1 aliphatic carbocycles. The first kappa shape index (κ1) is 19.9. The fourth-order valence-corrected chi connectivity index (χ4v) is 5.49. The minimum absolute atomic E-state index is 0.290. The number of hydrogen-bond acceptors (Lipinski definition) is 3. The van der Waals surface area contributed by atoms with Crippen molar-refractivity contribution in [3.63, 3.8) is 0 Å². The molecule has 28 heavy (non-hydrogen) atoms. The number of nitrogens with one attached hydrogen (secondary N) is 1. The van der Waals surface area contributed by atoms with Gasteiger partial charge in [0.15, 0.2) is 0 Å². The molecule has 1 aromatic rings. The largest absolute Gasteiger partial charge is 0.353 e. The molecule has 0 bridgehead atoms. The Morgan fingerprint density at radius 1 is 0.964 bits per heavy atom. The second-order valence-corrected chi connectivity index (χ2v) is 9.10. The molecule has 1 N–H and O–H groups in total. The van der Waals surface area contributed by atoms with Gasteiger partial charge in [-0.2, -0.15) is 0 Å². The van der Waals surface area contributed by atoms with Crippen molar-refractivity contribution in [1.82, 2.24) is 15.1 Å². The zero-order valence-electron chi connectivity index (χ0n) is 17.5. The van der Waals surface area contributed by atoms with Gasteiger partial charge in [0.1, 0.15) is 0 Å². The van der Waals surface area contributed by atoms with Gasteiger partial charge in [0, 0.05) is 44.7 Å². The molecular weight excluding hydrogens is 346 g/mol. The van der Waals surface area contributed by atoms with Crippen LogP contribution in [0, 0.1) is 11.8 Å². The zero-order chi connectivity index (χ0) is 19.3. The van der Waals surface area contributed by atoms with Crippen molar-refractivity contribution in [2.45, 2.75) is 64.5 Å². The standard InChI is InChI=1S/C24H37N3O/c1-2-19-9-11-20(12-10-19)18-27-16-14-26(15-17-27)13-5-7-22-21-6-3-4-8-23(21)25-24(22)28/h9-12,21-23H,2-8,13-18H2,1H3,(H,25,28). The van der Waals surface area contributed by atoms with Crippen molar-refractivity contribution < 1.29 is 4.79 Å². The van der Waals surface area contributed by atoms with Gasteiger partial charge in [-0.3, -0.25) is 9.69 Å². The first-order valence-electron chi connectivity index (χ1n) is 11.6. The van der Waals surface area contributed by atoms with Crippen molar-refractivity contribution in [1.29, 1.82) is 0 Å². The molecule has 2 aliphatic heterocycles. The highest BCUT2D eigenvalue weighted by Crippen LogP contribution is 2.37. The quantitative estimate of drug-likeness (QED) is 0.783. The van der Waals surface area contributed by atoms with E-state index in [9.17, 15) is 4.79 Å². The Balaban J connectivity index is 1.16. The molecule has 3 unspecified atom stereocenters. The van der Waals surface area contributed by atoms with Crippen molar-refractivity contribution in [2.24, 2.45) is 11.8 Å². The lowest BCUT2D eigenvalue weighted by Gasteiger charge is -2.35. The van der Waals surface area contributed by atoms with Crippen molar-refractivity contribution in [2.75, 3.05) is 32.7 Å². The van der Waals surface area contributed by atoms with Gasteiger partial charge in [0.2, 0.25) is 5.91 Å².